The Morgan fingerprint density at radius 2 is 1.68 bits per heavy atom. The fourth-order valence-electron chi connectivity index (χ4n) is 3.59. The molecule has 0 heterocycles. The summed E-state index contributed by atoms with van der Waals surface area (Å²) in [6, 6.07) is 8.51. The van der Waals surface area contributed by atoms with Gasteiger partial charge in [0.2, 0.25) is 0 Å². The van der Waals surface area contributed by atoms with E-state index in [2.05, 4.69) is 10.5 Å². The summed E-state index contributed by atoms with van der Waals surface area (Å²) in [5.74, 6) is -0.768. The number of hydrogen-bond acceptors (Lipinski definition) is 4. The van der Waals surface area contributed by atoms with Crippen LogP contribution in [0.4, 0.5) is 18.9 Å². The van der Waals surface area contributed by atoms with Gasteiger partial charge in [0.1, 0.15) is 6.54 Å². The quantitative estimate of drug-likeness (QED) is 0.396. The van der Waals surface area contributed by atoms with Crippen molar-refractivity contribution in [2.24, 2.45) is 5.10 Å². The van der Waals surface area contributed by atoms with Crippen LogP contribution in [-0.2, 0) is 21.0 Å². The number of amides is 1. The van der Waals surface area contributed by atoms with E-state index in [4.69, 9.17) is 11.6 Å². The van der Waals surface area contributed by atoms with Gasteiger partial charge in [-0.1, -0.05) is 42.1 Å². The third-order valence-corrected chi connectivity index (χ3v) is 7.58. The number of nitrogens with zero attached hydrogens (tertiary/aromatic N) is 2. The van der Waals surface area contributed by atoms with Gasteiger partial charge in [0.15, 0.2) is 0 Å². The van der Waals surface area contributed by atoms with Crippen molar-refractivity contribution in [3.63, 3.8) is 0 Å². The molecule has 0 saturated heterocycles. The van der Waals surface area contributed by atoms with Crippen LogP contribution in [-0.4, -0.2) is 26.6 Å². The monoisotopic (exact) mass is 515 g/mol. The Hall–Kier alpha value is -2.59. The Labute approximate surface area is 201 Å². The van der Waals surface area contributed by atoms with Gasteiger partial charge in [0.05, 0.1) is 21.2 Å². The number of hydrazone groups is 1. The molecule has 1 saturated carbocycles. The van der Waals surface area contributed by atoms with Crippen LogP contribution in [0, 0.1) is 6.92 Å². The predicted molar refractivity (Wildman–Crippen MR) is 125 cm³/mol. The number of carbonyl (C=O) groups is 1. The number of halogens is 4. The molecule has 0 aliphatic heterocycles. The van der Waals surface area contributed by atoms with Crippen molar-refractivity contribution >= 4 is 38.9 Å². The largest absolute Gasteiger partial charge is 0.417 e. The zero-order valence-corrected chi connectivity index (χ0v) is 20.1. The van der Waals surface area contributed by atoms with E-state index in [1.54, 1.807) is 19.1 Å². The van der Waals surface area contributed by atoms with Crippen LogP contribution in [0.2, 0.25) is 5.02 Å². The second-order valence-electron chi connectivity index (χ2n) is 8.11. The number of nitrogens with one attached hydrogen (secondary N) is 1. The van der Waals surface area contributed by atoms with Crippen molar-refractivity contribution in [2.75, 3.05) is 10.8 Å². The van der Waals surface area contributed by atoms with E-state index in [0.29, 0.717) is 10.4 Å². The van der Waals surface area contributed by atoms with Crippen LogP contribution in [0.15, 0.2) is 52.5 Å². The molecule has 1 aliphatic rings. The molecule has 34 heavy (non-hydrogen) atoms. The molecule has 11 heteroatoms. The number of hydrogen-bond donors (Lipinski definition) is 1. The third kappa shape index (κ3) is 6.50. The molecular formula is C23H25ClF3N3O3S. The molecule has 2 aromatic rings. The average Bonchev–Trinajstić information content (AvgIpc) is 3.05. The Morgan fingerprint density at radius 1 is 1.06 bits per heavy atom. The Bertz CT molecular complexity index is 1160. The topological polar surface area (TPSA) is 78.8 Å². The molecule has 6 nitrogen and oxygen atoms in total. The lowest BCUT2D eigenvalue weighted by atomic mass is 10.2. The van der Waals surface area contributed by atoms with Crippen molar-refractivity contribution in [2.45, 2.75) is 56.5 Å². The average molecular weight is 516 g/mol. The summed E-state index contributed by atoms with van der Waals surface area (Å²) in [6.07, 6.45) is 0.720. The maximum atomic E-state index is 13.4. The van der Waals surface area contributed by atoms with Crippen molar-refractivity contribution in [1.82, 2.24) is 5.43 Å². The van der Waals surface area contributed by atoms with Crippen molar-refractivity contribution in [3.8, 4) is 0 Å². The third-order valence-electron chi connectivity index (χ3n) is 5.46. The number of alkyl halides is 3. The van der Waals surface area contributed by atoms with Crippen LogP contribution in [0.25, 0.3) is 0 Å². The summed E-state index contributed by atoms with van der Waals surface area (Å²) in [6.45, 7) is 1.01. The van der Waals surface area contributed by atoms with E-state index in [1.165, 1.54) is 12.1 Å². The minimum Gasteiger partial charge on any atom is -0.271 e. The summed E-state index contributed by atoms with van der Waals surface area (Å²) in [4.78, 5) is 12.5. The van der Waals surface area contributed by atoms with Crippen molar-refractivity contribution in [1.29, 1.82) is 0 Å². The van der Waals surface area contributed by atoms with E-state index in [-0.39, 0.29) is 10.6 Å². The second kappa shape index (κ2) is 10.8. The lowest BCUT2D eigenvalue weighted by Crippen LogP contribution is -2.40. The minimum absolute atomic E-state index is 0.163. The molecule has 0 unspecified atom stereocenters. The highest BCUT2D eigenvalue weighted by molar-refractivity contribution is 7.92. The highest BCUT2D eigenvalue weighted by Crippen LogP contribution is 2.38. The summed E-state index contributed by atoms with van der Waals surface area (Å²) < 4.78 is 67.7. The number of rotatable bonds is 6. The van der Waals surface area contributed by atoms with Gasteiger partial charge in [-0.3, -0.25) is 9.10 Å². The van der Waals surface area contributed by atoms with Gasteiger partial charge in [0, 0.05) is 5.71 Å². The molecule has 0 bridgehead atoms. The second-order valence-corrected chi connectivity index (χ2v) is 10.4. The van der Waals surface area contributed by atoms with E-state index in [9.17, 15) is 26.4 Å². The summed E-state index contributed by atoms with van der Waals surface area (Å²) in [7, 11) is -4.38. The number of carbonyl (C=O) groups excluding carboxylic acids is 1. The predicted octanol–water partition coefficient (Wildman–Crippen LogP) is 5.69. The van der Waals surface area contributed by atoms with Gasteiger partial charge >= 0.3 is 6.18 Å². The van der Waals surface area contributed by atoms with Gasteiger partial charge in [0.25, 0.3) is 15.9 Å². The SMILES string of the molecule is Cc1ccc(S(=O)(=O)N(CC(=O)NN=C2CCCCCC2)c2ccc(Cl)c(C(F)(F)F)c2)cc1. The molecule has 0 radical (unpaired) electrons. The van der Waals surface area contributed by atoms with E-state index < -0.39 is 39.2 Å². The number of sulfonamides is 1. The Balaban J connectivity index is 1.96. The highest BCUT2D eigenvalue weighted by Gasteiger charge is 2.35. The minimum atomic E-state index is -4.81. The first-order chi connectivity index (χ1) is 16.0. The lowest BCUT2D eigenvalue weighted by Gasteiger charge is -2.25. The number of anilines is 1. The van der Waals surface area contributed by atoms with Crippen LogP contribution in [0.3, 0.4) is 0 Å². The summed E-state index contributed by atoms with van der Waals surface area (Å²) in [5.41, 5.74) is 2.44. The molecule has 1 N–H and O–H groups in total. The fraction of sp³-hybridized carbons (Fsp3) is 0.391. The van der Waals surface area contributed by atoms with Gasteiger partial charge in [-0.05, 0) is 62.9 Å². The summed E-state index contributed by atoms with van der Waals surface area (Å²) in [5, 5.41) is 3.55. The molecule has 0 atom stereocenters. The van der Waals surface area contributed by atoms with Gasteiger partial charge in [-0.15, -0.1) is 0 Å². The number of benzene rings is 2. The zero-order chi connectivity index (χ0) is 24.9. The summed E-state index contributed by atoms with van der Waals surface area (Å²) >= 11 is 5.70. The molecule has 2 aromatic carbocycles. The Morgan fingerprint density at radius 3 is 2.26 bits per heavy atom. The smallest absolute Gasteiger partial charge is 0.271 e. The first-order valence-corrected chi connectivity index (χ1v) is 12.6. The molecule has 1 fully saturated rings. The zero-order valence-electron chi connectivity index (χ0n) is 18.5. The fourth-order valence-corrected chi connectivity index (χ4v) is 5.23. The lowest BCUT2D eigenvalue weighted by molar-refractivity contribution is -0.137. The Kier molecular flexibility index (Phi) is 8.25. The maximum Gasteiger partial charge on any atom is 0.417 e. The maximum absolute atomic E-state index is 13.4. The molecular weight excluding hydrogens is 491 g/mol. The standard InChI is InChI=1S/C23H25ClF3N3O3S/c1-16-8-11-19(12-9-16)34(32,33)30(18-10-13-21(24)20(14-18)23(25,26)27)15-22(31)29-28-17-6-4-2-3-5-7-17/h8-14H,2-7,15H2,1H3,(H,29,31). The number of aryl methyl sites for hydroxylation is 1. The van der Waals surface area contributed by atoms with E-state index in [1.807, 2.05) is 0 Å². The molecule has 0 spiro atoms. The normalized spacial score (nSPS) is 14.9. The van der Waals surface area contributed by atoms with Crippen molar-refractivity contribution < 1.29 is 26.4 Å². The van der Waals surface area contributed by atoms with Crippen LogP contribution < -0.4 is 9.73 Å². The van der Waals surface area contributed by atoms with E-state index >= 15 is 0 Å². The molecule has 1 amide bonds. The van der Waals surface area contributed by atoms with Crippen LogP contribution >= 0.6 is 11.6 Å². The van der Waals surface area contributed by atoms with Crippen molar-refractivity contribution in [3.05, 3.63) is 58.6 Å². The van der Waals surface area contributed by atoms with Crippen LogP contribution in [0.1, 0.15) is 49.7 Å². The first-order valence-electron chi connectivity index (χ1n) is 10.8. The van der Waals surface area contributed by atoms with Gasteiger partial charge in [-0.25, -0.2) is 13.8 Å². The van der Waals surface area contributed by atoms with Gasteiger partial charge in [-0.2, -0.15) is 18.3 Å². The highest BCUT2D eigenvalue weighted by atomic mass is 35.5. The molecule has 0 aromatic heterocycles. The molecule has 3 rings (SSSR count). The molecule has 184 valence electrons. The molecule has 1 aliphatic carbocycles. The van der Waals surface area contributed by atoms with Crippen LogP contribution in [0.5, 0.6) is 0 Å². The van der Waals surface area contributed by atoms with Gasteiger partial charge < -0.3 is 0 Å². The first kappa shape index (κ1) is 26.0. The van der Waals surface area contributed by atoms with E-state index in [0.717, 1.165) is 61.9 Å².